The molecule has 11 heteroatoms. The van der Waals surface area contributed by atoms with E-state index in [9.17, 15) is 18.0 Å². The summed E-state index contributed by atoms with van der Waals surface area (Å²) in [4.78, 5) is 11.6. The van der Waals surface area contributed by atoms with E-state index < -0.39 is 6.36 Å². The molecule has 0 radical (unpaired) electrons. The molecule has 1 N–H and O–H groups in total. The number of anilines is 2. The summed E-state index contributed by atoms with van der Waals surface area (Å²) < 4.78 is 45.9. The highest BCUT2D eigenvalue weighted by Gasteiger charge is 2.33. The second-order valence-electron chi connectivity index (χ2n) is 5.16. The molecular weight excluding hydrogens is 379 g/mol. The monoisotopic (exact) mass is 391 g/mol. The first kappa shape index (κ1) is 17.8. The molecule has 25 heavy (non-hydrogen) atoms. The lowest BCUT2D eigenvalue weighted by Gasteiger charge is -2.09. The zero-order chi connectivity index (χ0) is 18.0. The van der Waals surface area contributed by atoms with Gasteiger partial charge in [-0.3, -0.25) is 4.79 Å². The Kier molecular flexibility index (Phi) is 5.04. The number of nitrogens with one attached hydrogen (secondary N) is 1. The second kappa shape index (κ2) is 7.08. The molecule has 1 aliphatic rings. The van der Waals surface area contributed by atoms with E-state index in [-0.39, 0.29) is 23.1 Å². The fourth-order valence-electron chi connectivity index (χ4n) is 2.11. The Bertz CT molecular complexity index is 752. The molecule has 1 aliphatic heterocycles. The van der Waals surface area contributed by atoms with E-state index in [0.717, 1.165) is 0 Å². The zero-order valence-corrected chi connectivity index (χ0v) is 14.4. The van der Waals surface area contributed by atoms with Crippen molar-refractivity contribution in [2.75, 3.05) is 5.32 Å². The van der Waals surface area contributed by atoms with E-state index in [0.29, 0.717) is 21.6 Å². The van der Waals surface area contributed by atoms with Gasteiger partial charge in [0, 0.05) is 12.1 Å². The highest BCUT2D eigenvalue weighted by atomic mass is 32.2. The smallest absolute Gasteiger partial charge is 0.462 e. The minimum Gasteiger partial charge on any atom is -0.462 e. The van der Waals surface area contributed by atoms with Crippen LogP contribution in [-0.4, -0.2) is 33.9 Å². The largest absolute Gasteiger partial charge is 0.573 e. The maximum absolute atomic E-state index is 12.1. The minimum atomic E-state index is -4.72. The number of rotatable bonds is 5. The van der Waals surface area contributed by atoms with Gasteiger partial charge in [-0.05, 0) is 31.2 Å². The molecule has 2 heterocycles. The Balaban J connectivity index is 1.59. The molecule has 0 saturated carbocycles. The Morgan fingerprint density at radius 3 is 2.64 bits per heavy atom. The molecule has 1 aromatic carbocycles. The first-order chi connectivity index (χ1) is 11.8. The highest BCUT2D eigenvalue weighted by Crippen LogP contribution is 2.35. The van der Waals surface area contributed by atoms with E-state index in [2.05, 4.69) is 20.3 Å². The molecule has 0 unspecified atom stereocenters. The first-order valence-corrected chi connectivity index (χ1v) is 8.81. The normalized spacial score (nSPS) is 20.4. The van der Waals surface area contributed by atoms with Crippen LogP contribution in [0.4, 0.5) is 24.0 Å². The molecule has 134 valence electrons. The predicted molar refractivity (Wildman–Crippen MR) is 86.1 cm³/mol. The second-order valence-corrected chi connectivity index (χ2v) is 7.59. The number of aromatic nitrogens is 2. The number of benzene rings is 1. The van der Waals surface area contributed by atoms with Crippen LogP contribution in [0.15, 0.2) is 28.6 Å². The third-order valence-electron chi connectivity index (χ3n) is 3.11. The van der Waals surface area contributed by atoms with Gasteiger partial charge in [0.1, 0.15) is 17.1 Å². The van der Waals surface area contributed by atoms with Gasteiger partial charge in [0.25, 0.3) is 0 Å². The van der Waals surface area contributed by atoms with E-state index in [4.69, 9.17) is 4.74 Å². The average Bonchev–Trinajstić information content (AvgIpc) is 3.06. The van der Waals surface area contributed by atoms with Gasteiger partial charge in [0.05, 0.1) is 0 Å². The number of esters is 1. The van der Waals surface area contributed by atoms with Crippen LogP contribution in [0.25, 0.3) is 0 Å². The van der Waals surface area contributed by atoms with Gasteiger partial charge >= 0.3 is 12.3 Å². The molecule has 0 bridgehead atoms. The Morgan fingerprint density at radius 1 is 1.32 bits per heavy atom. The van der Waals surface area contributed by atoms with Gasteiger partial charge in [-0.25, -0.2) is 0 Å². The Hall–Kier alpha value is -2.01. The van der Waals surface area contributed by atoms with Gasteiger partial charge < -0.3 is 14.8 Å². The van der Waals surface area contributed by atoms with Crippen molar-refractivity contribution in [3.05, 3.63) is 24.3 Å². The molecule has 0 spiro atoms. The molecule has 2 atom stereocenters. The van der Waals surface area contributed by atoms with Gasteiger partial charge in [-0.1, -0.05) is 23.1 Å². The van der Waals surface area contributed by atoms with E-state index in [1.165, 1.54) is 47.4 Å². The summed E-state index contributed by atoms with van der Waals surface area (Å²) in [6, 6.07) is 5.27. The van der Waals surface area contributed by atoms with Crippen molar-refractivity contribution >= 4 is 39.9 Å². The average molecular weight is 391 g/mol. The number of carbonyl (C=O) groups excluding carboxylic acids is 1. The van der Waals surface area contributed by atoms with Gasteiger partial charge in [0.2, 0.25) is 5.13 Å². The molecule has 2 aromatic rings. The number of thioether (sulfide) groups is 1. The molecule has 1 aromatic heterocycles. The van der Waals surface area contributed by atoms with Crippen molar-refractivity contribution in [1.82, 2.24) is 10.2 Å². The number of halogens is 3. The lowest BCUT2D eigenvalue weighted by atomic mass is 10.3. The van der Waals surface area contributed by atoms with E-state index in [1.54, 1.807) is 0 Å². The minimum absolute atomic E-state index is 0.104. The standard InChI is InChI=1S/C14H12F3N3O3S2/c1-7-6-10(11(21)22-7)24-13-20-19-12(25-13)18-8-2-4-9(5-3-8)23-14(15,16)17/h2-5,7,10H,6H2,1H3,(H,18,19)/t7-,10-/m1/s1. The van der Waals surface area contributed by atoms with Crippen LogP contribution in [0, 0.1) is 0 Å². The van der Waals surface area contributed by atoms with Crippen LogP contribution in [0.1, 0.15) is 13.3 Å². The van der Waals surface area contributed by atoms with Gasteiger partial charge in [-0.15, -0.1) is 23.4 Å². The van der Waals surface area contributed by atoms with Gasteiger partial charge in [0.15, 0.2) is 4.34 Å². The Labute approximate surface area is 148 Å². The molecule has 1 saturated heterocycles. The molecule has 0 aliphatic carbocycles. The molecule has 0 amide bonds. The lowest BCUT2D eigenvalue weighted by Crippen LogP contribution is -2.16. The molecule has 6 nitrogen and oxygen atoms in total. The summed E-state index contributed by atoms with van der Waals surface area (Å²) in [7, 11) is 0. The van der Waals surface area contributed by atoms with Crippen molar-refractivity contribution in [3.63, 3.8) is 0 Å². The number of carbonyl (C=O) groups is 1. The number of hydrogen-bond acceptors (Lipinski definition) is 8. The summed E-state index contributed by atoms with van der Waals surface area (Å²) in [6.45, 7) is 1.83. The van der Waals surface area contributed by atoms with E-state index in [1.807, 2.05) is 6.92 Å². The first-order valence-electron chi connectivity index (χ1n) is 7.12. The van der Waals surface area contributed by atoms with Crippen LogP contribution < -0.4 is 10.1 Å². The zero-order valence-electron chi connectivity index (χ0n) is 12.7. The van der Waals surface area contributed by atoms with Gasteiger partial charge in [-0.2, -0.15) is 0 Å². The number of alkyl halides is 3. The summed E-state index contributed by atoms with van der Waals surface area (Å²) in [5.41, 5.74) is 0.538. The fourth-order valence-corrected chi connectivity index (χ4v) is 4.23. The van der Waals surface area contributed by atoms with E-state index >= 15 is 0 Å². The molecular formula is C14H12F3N3O3S2. The predicted octanol–water partition coefficient (Wildman–Crippen LogP) is 3.98. The summed E-state index contributed by atoms with van der Waals surface area (Å²) in [5.74, 6) is -0.567. The highest BCUT2D eigenvalue weighted by molar-refractivity contribution is 8.02. The van der Waals surface area contributed by atoms with Crippen LogP contribution in [0.5, 0.6) is 5.75 Å². The van der Waals surface area contributed by atoms with Crippen molar-refractivity contribution in [2.45, 2.75) is 35.4 Å². The van der Waals surface area contributed by atoms with Crippen LogP contribution in [-0.2, 0) is 9.53 Å². The maximum atomic E-state index is 12.1. The van der Waals surface area contributed by atoms with Crippen LogP contribution >= 0.6 is 23.1 Å². The van der Waals surface area contributed by atoms with Crippen LogP contribution in [0.3, 0.4) is 0 Å². The maximum Gasteiger partial charge on any atom is 0.573 e. The summed E-state index contributed by atoms with van der Waals surface area (Å²) >= 11 is 2.53. The summed E-state index contributed by atoms with van der Waals surface area (Å²) in [5, 5.41) is 11.0. The number of hydrogen-bond donors (Lipinski definition) is 1. The number of nitrogens with zero attached hydrogens (tertiary/aromatic N) is 2. The van der Waals surface area contributed by atoms with Crippen LogP contribution in [0.2, 0.25) is 0 Å². The quantitative estimate of drug-likeness (QED) is 0.773. The topological polar surface area (TPSA) is 73.3 Å². The lowest BCUT2D eigenvalue weighted by molar-refractivity contribution is -0.274. The fraction of sp³-hybridized carbons (Fsp3) is 0.357. The molecule has 1 fully saturated rings. The van der Waals surface area contributed by atoms with Crippen molar-refractivity contribution in [3.8, 4) is 5.75 Å². The summed E-state index contributed by atoms with van der Waals surface area (Å²) in [6.07, 6.45) is -4.21. The van der Waals surface area contributed by atoms with Crippen molar-refractivity contribution in [2.24, 2.45) is 0 Å². The Morgan fingerprint density at radius 2 is 2.04 bits per heavy atom. The third kappa shape index (κ3) is 4.98. The SMILES string of the molecule is C[C@@H]1C[C@@H](Sc2nnc(Nc3ccc(OC(F)(F)F)cc3)s2)C(=O)O1. The number of cyclic esters (lactones) is 1. The third-order valence-corrected chi connectivity index (χ3v) is 5.24. The number of ether oxygens (including phenoxy) is 2. The van der Waals surface area contributed by atoms with Crippen molar-refractivity contribution < 1.29 is 27.4 Å². The molecule has 3 rings (SSSR count). The van der Waals surface area contributed by atoms with Crippen molar-refractivity contribution in [1.29, 1.82) is 0 Å².